The Bertz CT molecular complexity index is 1200. The van der Waals surface area contributed by atoms with Crippen LogP contribution in [0.25, 0.3) is 22.3 Å². The zero-order chi connectivity index (χ0) is 19.7. The summed E-state index contributed by atoms with van der Waals surface area (Å²) in [6.07, 6.45) is 0. The number of carbonyl (C=O) groups excluding carboxylic acids is 1. The zero-order valence-electron chi connectivity index (χ0n) is 14.0. The molecule has 2 heterocycles. The highest BCUT2D eigenvalue weighted by Crippen LogP contribution is 2.40. The molecule has 9 nitrogen and oxygen atoms in total. The third kappa shape index (κ3) is 3.71. The summed E-state index contributed by atoms with van der Waals surface area (Å²) in [6.45, 7) is -0.222. The molecule has 0 aliphatic heterocycles. The minimum absolute atomic E-state index is 0.168. The number of H-pyrrole nitrogens is 1. The molecule has 2 N–H and O–H groups in total. The number of fused-ring (bicyclic) bond motifs is 1. The molecule has 28 heavy (non-hydrogen) atoms. The number of nitrogens with one attached hydrogen (secondary N) is 1. The number of nitrogens with zero attached hydrogens (tertiary/aromatic N) is 6. The number of rotatable bonds is 4. The van der Waals surface area contributed by atoms with Crippen LogP contribution in [0.4, 0.5) is 5.69 Å². The summed E-state index contributed by atoms with van der Waals surface area (Å²) < 4.78 is 1.52. The van der Waals surface area contributed by atoms with Crippen LogP contribution in [0.2, 0.25) is 0 Å². The van der Waals surface area contributed by atoms with E-state index in [1.54, 1.807) is 6.07 Å². The zero-order valence-corrected chi connectivity index (χ0v) is 17.2. The van der Waals surface area contributed by atoms with E-state index in [-0.39, 0.29) is 18.1 Å². The van der Waals surface area contributed by atoms with Gasteiger partial charge in [-0.25, -0.2) is 0 Å². The number of tetrazole rings is 1. The summed E-state index contributed by atoms with van der Waals surface area (Å²) in [6, 6.07) is 12.9. The van der Waals surface area contributed by atoms with Crippen molar-refractivity contribution in [3.8, 4) is 17.3 Å². The summed E-state index contributed by atoms with van der Waals surface area (Å²) in [5.41, 5.74) is 1.61. The number of hydrogen-bond acceptors (Lipinski definition) is 6. The van der Waals surface area contributed by atoms with E-state index in [0.29, 0.717) is 16.7 Å². The van der Waals surface area contributed by atoms with Gasteiger partial charge in [-0.15, -0.1) is 20.4 Å². The van der Waals surface area contributed by atoms with E-state index >= 15 is 0 Å². The highest BCUT2D eigenvalue weighted by Gasteiger charge is 2.15. The number of benzene rings is 2. The van der Waals surface area contributed by atoms with Crippen LogP contribution in [0.5, 0.6) is 5.88 Å². The lowest BCUT2D eigenvalue weighted by Gasteiger charge is -1.96. The second-order valence-electron chi connectivity index (χ2n) is 5.74. The maximum absolute atomic E-state index is 12.1. The first-order valence-corrected chi connectivity index (χ1v) is 9.57. The number of hydrogen-bond donors (Lipinski definition) is 2. The first kappa shape index (κ1) is 18.4. The van der Waals surface area contributed by atoms with Gasteiger partial charge in [0.1, 0.15) is 6.54 Å². The summed E-state index contributed by atoms with van der Waals surface area (Å²) in [5, 5.41) is 30.2. The molecule has 2 aromatic carbocycles. The van der Waals surface area contributed by atoms with E-state index in [4.69, 9.17) is 0 Å². The molecule has 4 aromatic rings. The molecule has 2 aromatic heterocycles. The van der Waals surface area contributed by atoms with Gasteiger partial charge in [0.25, 0.3) is 5.91 Å². The SMILES string of the molecule is O=C(Cn1nnc(-c2ccccc2)n1)N=Nc1c(O)[nH]c2c(Br)cc(Br)cc12. The van der Waals surface area contributed by atoms with Crippen molar-refractivity contribution in [2.45, 2.75) is 6.54 Å². The molecule has 1 amide bonds. The summed E-state index contributed by atoms with van der Waals surface area (Å²) in [4.78, 5) is 16.1. The Morgan fingerprint density at radius 3 is 2.79 bits per heavy atom. The summed E-state index contributed by atoms with van der Waals surface area (Å²) >= 11 is 6.78. The molecule has 0 aliphatic rings. The number of aromatic hydroxyl groups is 1. The molecule has 0 atom stereocenters. The molecule has 140 valence electrons. The minimum Gasteiger partial charge on any atom is -0.493 e. The maximum Gasteiger partial charge on any atom is 0.287 e. The first-order valence-electron chi connectivity index (χ1n) is 7.99. The fraction of sp³-hybridized carbons (Fsp3) is 0.0588. The normalized spacial score (nSPS) is 11.5. The second-order valence-corrected chi connectivity index (χ2v) is 7.51. The van der Waals surface area contributed by atoms with Crippen molar-refractivity contribution in [3.05, 3.63) is 51.4 Å². The third-order valence-electron chi connectivity index (χ3n) is 3.80. The van der Waals surface area contributed by atoms with Gasteiger partial charge >= 0.3 is 0 Å². The van der Waals surface area contributed by atoms with Crippen molar-refractivity contribution in [1.82, 2.24) is 25.2 Å². The van der Waals surface area contributed by atoms with E-state index < -0.39 is 5.91 Å². The Kier molecular flexibility index (Phi) is 5.01. The predicted octanol–water partition coefficient (Wildman–Crippen LogP) is 4.36. The topological polar surface area (TPSA) is 121 Å². The van der Waals surface area contributed by atoms with E-state index in [2.05, 4.69) is 62.5 Å². The third-order valence-corrected chi connectivity index (χ3v) is 4.88. The predicted molar refractivity (Wildman–Crippen MR) is 108 cm³/mol. The van der Waals surface area contributed by atoms with Crippen molar-refractivity contribution in [3.63, 3.8) is 0 Å². The van der Waals surface area contributed by atoms with Crippen molar-refractivity contribution >= 4 is 54.4 Å². The van der Waals surface area contributed by atoms with Gasteiger partial charge in [0.15, 0.2) is 5.69 Å². The van der Waals surface area contributed by atoms with Crippen molar-refractivity contribution in [1.29, 1.82) is 0 Å². The molecule has 0 bridgehead atoms. The first-order chi connectivity index (χ1) is 13.5. The number of halogens is 2. The van der Waals surface area contributed by atoms with Crippen LogP contribution >= 0.6 is 31.9 Å². The number of aromatic nitrogens is 5. The average Bonchev–Trinajstić information content (AvgIpc) is 3.25. The highest BCUT2D eigenvalue weighted by atomic mass is 79.9. The largest absolute Gasteiger partial charge is 0.493 e. The number of amides is 1. The van der Waals surface area contributed by atoms with Crippen molar-refractivity contribution in [2.24, 2.45) is 10.2 Å². The molecule has 0 radical (unpaired) electrons. The molecule has 0 spiro atoms. The molecule has 4 rings (SSSR count). The van der Waals surface area contributed by atoms with Crippen molar-refractivity contribution < 1.29 is 9.90 Å². The number of aromatic amines is 1. The van der Waals surface area contributed by atoms with E-state index in [9.17, 15) is 9.90 Å². The lowest BCUT2D eigenvalue weighted by atomic mass is 10.2. The summed E-state index contributed by atoms with van der Waals surface area (Å²) in [7, 11) is 0. The van der Waals surface area contributed by atoms with Crippen LogP contribution in [0.1, 0.15) is 0 Å². The lowest BCUT2D eigenvalue weighted by Crippen LogP contribution is -2.10. The van der Waals surface area contributed by atoms with Crippen LogP contribution in [-0.2, 0) is 11.3 Å². The van der Waals surface area contributed by atoms with Crippen LogP contribution < -0.4 is 0 Å². The number of carbonyl (C=O) groups is 1. The van der Waals surface area contributed by atoms with E-state index in [1.807, 2.05) is 36.4 Å². The van der Waals surface area contributed by atoms with E-state index in [0.717, 1.165) is 19.3 Å². The minimum atomic E-state index is -0.583. The van der Waals surface area contributed by atoms with E-state index in [1.165, 1.54) is 0 Å². The highest BCUT2D eigenvalue weighted by molar-refractivity contribution is 9.11. The Balaban J connectivity index is 1.53. The second kappa shape index (κ2) is 7.60. The van der Waals surface area contributed by atoms with Gasteiger partial charge in [-0.2, -0.15) is 4.80 Å². The molecule has 11 heteroatoms. The van der Waals surface area contributed by atoms with Gasteiger partial charge in [0, 0.05) is 19.9 Å². The smallest absolute Gasteiger partial charge is 0.287 e. The summed E-state index contributed by atoms with van der Waals surface area (Å²) in [5.74, 6) is -0.357. The molecule has 0 saturated carbocycles. The molecular formula is C17H11Br2N7O2. The maximum atomic E-state index is 12.1. The van der Waals surface area contributed by atoms with Gasteiger partial charge in [-0.05, 0) is 33.3 Å². The fourth-order valence-electron chi connectivity index (χ4n) is 2.57. The van der Waals surface area contributed by atoms with Gasteiger partial charge < -0.3 is 10.1 Å². The quantitative estimate of drug-likeness (QED) is 0.400. The average molecular weight is 505 g/mol. The van der Waals surface area contributed by atoms with Gasteiger partial charge in [0.05, 0.1) is 5.52 Å². The van der Waals surface area contributed by atoms with Gasteiger partial charge in [-0.1, -0.05) is 46.3 Å². The van der Waals surface area contributed by atoms with Crippen LogP contribution in [0.15, 0.2) is 61.6 Å². The van der Waals surface area contributed by atoms with Crippen LogP contribution in [0.3, 0.4) is 0 Å². The van der Waals surface area contributed by atoms with Gasteiger partial charge in [0.2, 0.25) is 11.7 Å². The van der Waals surface area contributed by atoms with Crippen LogP contribution in [0, 0.1) is 0 Å². The Morgan fingerprint density at radius 1 is 1.21 bits per heavy atom. The van der Waals surface area contributed by atoms with Gasteiger partial charge in [-0.3, -0.25) is 4.79 Å². The monoisotopic (exact) mass is 503 g/mol. The molecular weight excluding hydrogens is 494 g/mol. The lowest BCUT2D eigenvalue weighted by molar-refractivity contribution is -0.119. The Hall–Kier alpha value is -2.92. The Labute approximate surface area is 174 Å². The molecule has 0 fully saturated rings. The molecule has 0 unspecified atom stereocenters. The Morgan fingerprint density at radius 2 is 2.00 bits per heavy atom. The van der Waals surface area contributed by atoms with Crippen LogP contribution in [-0.4, -0.2) is 36.2 Å². The van der Waals surface area contributed by atoms with Crippen molar-refractivity contribution in [2.75, 3.05) is 0 Å². The molecule has 0 aliphatic carbocycles. The fourth-order valence-corrected chi connectivity index (χ4v) is 3.89. The number of azo groups is 1. The standard InChI is InChI=1S/C17H11Br2N7O2/c18-10-6-11-14(12(19)7-10)20-17(28)15(11)22-21-13(27)8-26-24-16(23-25-26)9-4-2-1-3-5-9/h1-7,20,28H,8H2. The molecule has 0 saturated heterocycles.